The number of hydrogen-bond donors (Lipinski definition) is 1. The summed E-state index contributed by atoms with van der Waals surface area (Å²) in [6.45, 7) is 2.09. The van der Waals surface area contributed by atoms with Crippen LogP contribution >= 0.6 is 11.6 Å². The third-order valence-electron chi connectivity index (χ3n) is 6.43. The third-order valence-corrected chi connectivity index (χ3v) is 8.29. The Labute approximate surface area is 194 Å². The predicted octanol–water partition coefficient (Wildman–Crippen LogP) is 3.84. The predicted molar refractivity (Wildman–Crippen MR) is 123 cm³/mol. The molecule has 6 nitrogen and oxygen atoms in total. The molecule has 1 saturated heterocycles. The lowest BCUT2D eigenvalue weighted by molar-refractivity contribution is -0.140. The highest BCUT2D eigenvalue weighted by Crippen LogP contribution is 2.38. The molecule has 2 fully saturated rings. The Balaban J connectivity index is 1.46. The van der Waals surface area contributed by atoms with Crippen molar-refractivity contribution in [3.05, 3.63) is 64.2 Å². The van der Waals surface area contributed by atoms with E-state index < -0.39 is 10.0 Å². The van der Waals surface area contributed by atoms with Crippen LogP contribution in [0.2, 0.25) is 5.02 Å². The van der Waals surface area contributed by atoms with Gasteiger partial charge in [-0.2, -0.15) is 0 Å². The van der Waals surface area contributed by atoms with E-state index in [0.29, 0.717) is 22.6 Å². The van der Waals surface area contributed by atoms with Gasteiger partial charge in [-0.15, -0.1) is 0 Å². The maximum atomic E-state index is 12.9. The number of fused-ring (bicyclic) bond motifs is 1. The van der Waals surface area contributed by atoms with Gasteiger partial charge in [0.25, 0.3) is 0 Å². The molecule has 2 atom stereocenters. The molecule has 1 saturated carbocycles. The molecule has 1 aliphatic heterocycles. The number of hydrogen-bond acceptors (Lipinski definition) is 4. The Kier molecular flexibility index (Phi) is 6.70. The molecular formula is C24H27ClN2O4S. The van der Waals surface area contributed by atoms with Crippen molar-refractivity contribution < 1.29 is 18.0 Å². The van der Waals surface area contributed by atoms with Crippen molar-refractivity contribution in [1.29, 1.82) is 0 Å². The standard InChI is InChI=1S/C24H27ClN2O4S/c1-16-6-7-18(15-27-23(28)20-4-2-3-5-21(20)24(27)29)14-22(16)32(30,31)26-13-12-17-8-10-19(25)11-9-17/h6-11,14,20-21,26H,2-5,12-13,15H2,1H3/t20-,21-/m0/s1. The Bertz CT molecular complexity index is 1110. The van der Waals surface area contributed by atoms with Crippen LogP contribution < -0.4 is 4.72 Å². The van der Waals surface area contributed by atoms with E-state index in [1.165, 1.54) is 4.90 Å². The largest absolute Gasteiger partial charge is 0.278 e. The number of carbonyl (C=O) groups excluding carboxylic acids is 2. The van der Waals surface area contributed by atoms with Gasteiger partial charge in [0, 0.05) is 11.6 Å². The Morgan fingerprint density at radius 3 is 2.19 bits per heavy atom. The Morgan fingerprint density at radius 2 is 1.56 bits per heavy atom. The summed E-state index contributed by atoms with van der Waals surface area (Å²) in [5, 5.41) is 0.635. The zero-order valence-electron chi connectivity index (χ0n) is 18.0. The van der Waals surface area contributed by atoms with Crippen LogP contribution in [0.25, 0.3) is 0 Å². The molecule has 0 unspecified atom stereocenters. The van der Waals surface area contributed by atoms with Crippen LogP contribution in [0.15, 0.2) is 47.4 Å². The second kappa shape index (κ2) is 9.33. The van der Waals surface area contributed by atoms with Crippen LogP contribution in [0.4, 0.5) is 0 Å². The van der Waals surface area contributed by atoms with Gasteiger partial charge in [0.1, 0.15) is 0 Å². The maximum Gasteiger partial charge on any atom is 0.240 e. The highest BCUT2D eigenvalue weighted by atomic mass is 35.5. The van der Waals surface area contributed by atoms with Gasteiger partial charge in [0.05, 0.1) is 23.3 Å². The van der Waals surface area contributed by atoms with Gasteiger partial charge in [-0.25, -0.2) is 13.1 Å². The van der Waals surface area contributed by atoms with E-state index in [1.54, 1.807) is 37.3 Å². The van der Waals surface area contributed by atoms with Crippen molar-refractivity contribution >= 4 is 33.4 Å². The molecule has 0 spiro atoms. The van der Waals surface area contributed by atoms with Crippen LogP contribution in [-0.4, -0.2) is 31.7 Å². The van der Waals surface area contributed by atoms with Gasteiger partial charge in [0.15, 0.2) is 0 Å². The summed E-state index contributed by atoms with van der Waals surface area (Å²) in [7, 11) is -3.74. The lowest BCUT2D eigenvalue weighted by Crippen LogP contribution is -2.31. The molecule has 2 aromatic rings. The van der Waals surface area contributed by atoms with Gasteiger partial charge >= 0.3 is 0 Å². The monoisotopic (exact) mass is 474 g/mol. The average Bonchev–Trinajstić information content (AvgIpc) is 3.01. The minimum Gasteiger partial charge on any atom is -0.278 e. The zero-order valence-corrected chi connectivity index (χ0v) is 19.6. The molecule has 1 N–H and O–H groups in total. The fourth-order valence-electron chi connectivity index (χ4n) is 4.66. The first-order valence-corrected chi connectivity index (χ1v) is 12.8. The lowest BCUT2D eigenvalue weighted by atomic mass is 9.81. The van der Waals surface area contributed by atoms with Crippen molar-refractivity contribution in [2.75, 3.05) is 6.54 Å². The number of halogens is 1. The minimum absolute atomic E-state index is 0.109. The fourth-order valence-corrected chi connectivity index (χ4v) is 6.11. The summed E-state index contributed by atoms with van der Waals surface area (Å²) in [6, 6.07) is 12.4. The van der Waals surface area contributed by atoms with Crippen molar-refractivity contribution in [1.82, 2.24) is 9.62 Å². The second-order valence-electron chi connectivity index (χ2n) is 8.63. The third kappa shape index (κ3) is 4.75. The minimum atomic E-state index is -3.74. The molecule has 4 rings (SSSR count). The number of carbonyl (C=O) groups is 2. The topological polar surface area (TPSA) is 83.6 Å². The first-order valence-electron chi connectivity index (χ1n) is 10.9. The highest BCUT2D eigenvalue weighted by molar-refractivity contribution is 7.89. The molecule has 2 aliphatic rings. The number of amides is 2. The number of nitrogens with zero attached hydrogens (tertiary/aromatic N) is 1. The summed E-state index contributed by atoms with van der Waals surface area (Å²) in [5.41, 5.74) is 2.23. The number of sulfonamides is 1. The Morgan fingerprint density at radius 1 is 0.969 bits per heavy atom. The van der Waals surface area contributed by atoms with Crippen LogP contribution in [0, 0.1) is 18.8 Å². The summed E-state index contributed by atoms with van der Waals surface area (Å²) in [5.74, 6) is -0.657. The van der Waals surface area contributed by atoms with Crippen molar-refractivity contribution in [3.63, 3.8) is 0 Å². The van der Waals surface area contributed by atoms with Crippen molar-refractivity contribution in [3.8, 4) is 0 Å². The smallest absolute Gasteiger partial charge is 0.240 e. The molecular weight excluding hydrogens is 448 g/mol. The van der Waals surface area contributed by atoms with Crippen LogP contribution in [0.5, 0.6) is 0 Å². The first-order chi connectivity index (χ1) is 15.3. The van der Waals surface area contributed by atoms with E-state index in [-0.39, 0.29) is 41.6 Å². The van der Waals surface area contributed by atoms with Crippen LogP contribution in [0.3, 0.4) is 0 Å². The molecule has 0 radical (unpaired) electrons. The normalized spacial score (nSPS) is 21.1. The Hall–Kier alpha value is -2.22. The number of likely N-dealkylation sites (tertiary alicyclic amines) is 1. The first kappa shape index (κ1) is 23.0. The molecule has 32 heavy (non-hydrogen) atoms. The van der Waals surface area contributed by atoms with E-state index in [0.717, 1.165) is 31.2 Å². The highest BCUT2D eigenvalue weighted by Gasteiger charge is 2.47. The zero-order chi connectivity index (χ0) is 22.9. The molecule has 170 valence electrons. The van der Waals surface area contributed by atoms with Crippen molar-refractivity contribution in [2.45, 2.75) is 50.5 Å². The van der Waals surface area contributed by atoms with E-state index in [4.69, 9.17) is 11.6 Å². The molecule has 0 bridgehead atoms. The lowest BCUT2D eigenvalue weighted by Gasteiger charge is -2.19. The average molecular weight is 475 g/mol. The molecule has 0 aromatic heterocycles. The molecule has 2 aromatic carbocycles. The molecule has 1 heterocycles. The number of nitrogens with one attached hydrogen (secondary N) is 1. The fraction of sp³-hybridized carbons (Fsp3) is 0.417. The summed E-state index contributed by atoms with van der Waals surface area (Å²) in [6.07, 6.45) is 4.01. The van der Waals surface area contributed by atoms with Crippen molar-refractivity contribution in [2.24, 2.45) is 11.8 Å². The number of benzene rings is 2. The maximum absolute atomic E-state index is 12.9. The van der Waals surface area contributed by atoms with Gasteiger partial charge < -0.3 is 0 Å². The quantitative estimate of drug-likeness (QED) is 0.618. The van der Waals surface area contributed by atoms with E-state index in [2.05, 4.69) is 4.72 Å². The molecule has 8 heteroatoms. The van der Waals surface area contributed by atoms with Gasteiger partial charge in [-0.3, -0.25) is 14.5 Å². The molecule has 2 amide bonds. The number of aryl methyl sites for hydroxylation is 1. The second-order valence-corrected chi connectivity index (χ2v) is 10.8. The van der Waals surface area contributed by atoms with E-state index >= 15 is 0 Å². The molecule has 1 aliphatic carbocycles. The summed E-state index contributed by atoms with van der Waals surface area (Å²) in [4.78, 5) is 27.0. The van der Waals surface area contributed by atoms with E-state index in [9.17, 15) is 18.0 Å². The SMILES string of the molecule is Cc1ccc(CN2C(=O)[C@H]3CCCC[C@@H]3C2=O)cc1S(=O)(=O)NCCc1ccc(Cl)cc1. The van der Waals surface area contributed by atoms with Crippen LogP contribution in [-0.2, 0) is 32.6 Å². The van der Waals surface area contributed by atoms with Gasteiger partial charge in [0.2, 0.25) is 21.8 Å². The summed E-state index contributed by atoms with van der Waals surface area (Å²) >= 11 is 5.89. The number of imide groups is 1. The van der Waals surface area contributed by atoms with Gasteiger partial charge in [-0.05, 0) is 61.1 Å². The van der Waals surface area contributed by atoms with Gasteiger partial charge in [-0.1, -0.05) is 48.7 Å². The number of rotatable bonds is 7. The summed E-state index contributed by atoms with van der Waals surface area (Å²) < 4.78 is 28.5. The van der Waals surface area contributed by atoms with Crippen LogP contribution in [0.1, 0.15) is 42.4 Å². The van der Waals surface area contributed by atoms with E-state index in [1.807, 2.05) is 12.1 Å².